The van der Waals surface area contributed by atoms with Gasteiger partial charge in [-0.2, -0.15) is 0 Å². The molecule has 0 saturated heterocycles. The standard InChI is InChI=1S/C21H16N2O2S/c1-2-7-18-14(4-1)5-3-6-17(18)13-26-21-23-22-20(25-21)16-8-9-19-15(12-16)10-11-24-19/h1-9,12H,10-11,13H2. The molecule has 5 rings (SSSR count). The highest BCUT2D eigenvalue weighted by atomic mass is 32.2. The van der Waals surface area contributed by atoms with Crippen LogP contribution in [-0.2, 0) is 12.2 Å². The monoisotopic (exact) mass is 360 g/mol. The number of nitrogens with zero attached hydrogens (tertiary/aromatic N) is 2. The molecule has 26 heavy (non-hydrogen) atoms. The van der Waals surface area contributed by atoms with Crippen molar-refractivity contribution in [1.82, 2.24) is 10.2 Å². The molecule has 5 heteroatoms. The van der Waals surface area contributed by atoms with E-state index >= 15 is 0 Å². The van der Waals surface area contributed by atoms with Crippen molar-refractivity contribution in [2.75, 3.05) is 6.61 Å². The van der Waals surface area contributed by atoms with E-state index in [1.807, 2.05) is 12.1 Å². The van der Waals surface area contributed by atoms with Crippen LogP contribution in [0.5, 0.6) is 5.75 Å². The van der Waals surface area contributed by atoms with Gasteiger partial charge in [0.1, 0.15) is 5.75 Å². The second-order valence-corrected chi connectivity index (χ2v) is 7.15. The number of benzene rings is 3. The van der Waals surface area contributed by atoms with Gasteiger partial charge in [0.05, 0.1) is 6.61 Å². The Kier molecular flexibility index (Phi) is 3.87. The number of aromatic nitrogens is 2. The lowest BCUT2D eigenvalue weighted by Crippen LogP contribution is -1.85. The van der Waals surface area contributed by atoms with E-state index in [4.69, 9.17) is 9.15 Å². The largest absolute Gasteiger partial charge is 0.493 e. The topological polar surface area (TPSA) is 48.2 Å². The number of hydrogen-bond acceptors (Lipinski definition) is 5. The van der Waals surface area contributed by atoms with Crippen molar-refractivity contribution in [3.05, 3.63) is 71.8 Å². The summed E-state index contributed by atoms with van der Waals surface area (Å²) in [5.41, 5.74) is 3.41. The average molecular weight is 360 g/mol. The van der Waals surface area contributed by atoms with Gasteiger partial charge >= 0.3 is 0 Å². The molecular formula is C21H16N2O2S. The van der Waals surface area contributed by atoms with Crippen molar-refractivity contribution in [3.8, 4) is 17.2 Å². The molecule has 0 atom stereocenters. The summed E-state index contributed by atoms with van der Waals surface area (Å²) in [5.74, 6) is 2.31. The van der Waals surface area contributed by atoms with Gasteiger partial charge in [0.25, 0.3) is 5.22 Å². The molecule has 3 aromatic carbocycles. The van der Waals surface area contributed by atoms with E-state index in [0.717, 1.165) is 30.1 Å². The Labute approximate surface area is 155 Å². The molecule has 1 aliphatic rings. The number of ether oxygens (including phenoxy) is 1. The van der Waals surface area contributed by atoms with E-state index in [-0.39, 0.29) is 0 Å². The number of thioether (sulfide) groups is 1. The van der Waals surface area contributed by atoms with Gasteiger partial charge in [0, 0.05) is 17.7 Å². The Hall–Kier alpha value is -2.79. The van der Waals surface area contributed by atoms with Crippen LogP contribution in [0.3, 0.4) is 0 Å². The first-order valence-electron chi connectivity index (χ1n) is 8.56. The van der Waals surface area contributed by atoms with Crippen LogP contribution in [0.15, 0.2) is 70.3 Å². The van der Waals surface area contributed by atoms with Crippen molar-refractivity contribution in [3.63, 3.8) is 0 Å². The maximum Gasteiger partial charge on any atom is 0.277 e. The quantitative estimate of drug-likeness (QED) is 0.473. The van der Waals surface area contributed by atoms with Crippen LogP contribution in [-0.4, -0.2) is 16.8 Å². The van der Waals surface area contributed by atoms with Crippen LogP contribution in [0.2, 0.25) is 0 Å². The van der Waals surface area contributed by atoms with Gasteiger partial charge in [-0.05, 0) is 40.1 Å². The highest BCUT2D eigenvalue weighted by Crippen LogP contribution is 2.32. The van der Waals surface area contributed by atoms with Crippen molar-refractivity contribution >= 4 is 22.5 Å². The third kappa shape index (κ3) is 2.84. The van der Waals surface area contributed by atoms with E-state index in [0.29, 0.717) is 11.1 Å². The number of rotatable bonds is 4. The van der Waals surface area contributed by atoms with Gasteiger partial charge in [0.2, 0.25) is 5.89 Å². The summed E-state index contributed by atoms with van der Waals surface area (Å²) in [6.07, 6.45) is 0.931. The predicted molar refractivity (Wildman–Crippen MR) is 102 cm³/mol. The molecule has 4 nitrogen and oxygen atoms in total. The highest BCUT2D eigenvalue weighted by Gasteiger charge is 2.16. The summed E-state index contributed by atoms with van der Waals surface area (Å²) in [6, 6.07) is 20.8. The minimum Gasteiger partial charge on any atom is -0.493 e. The van der Waals surface area contributed by atoms with Crippen molar-refractivity contribution < 1.29 is 9.15 Å². The number of hydrogen-bond donors (Lipinski definition) is 0. The summed E-state index contributed by atoms with van der Waals surface area (Å²) in [7, 11) is 0. The molecule has 1 aliphatic heterocycles. The minimum atomic E-state index is 0.556. The molecule has 0 bridgehead atoms. The summed E-state index contributed by atoms with van der Waals surface area (Å²) in [5, 5.41) is 11.5. The molecule has 0 aliphatic carbocycles. The van der Waals surface area contributed by atoms with Crippen LogP contribution in [0.4, 0.5) is 0 Å². The Morgan fingerprint density at radius 1 is 0.962 bits per heavy atom. The van der Waals surface area contributed by atoms with Crippen LogP contribution < -0.4 is 4.74 Å². The third-order valence-electron chi connectivity index (χ3n) is 4.57. The first-order valence-corrected chi connectivity index (χ1v) is 9.54. The first kappa shape index (κ1) is 15.5. The lowest BCUT2D eigenvalue weighted by atomic mass is 10.1. The van der Waals surface area contributed by atoms with Crippen molar-refractivity contribution in [2.45, 2.75) is 17.4 Å². The summed E-state index contributed by atoms with van der Waals surface area (Å²) < 4.78 is 11.4. The Bertz CT molecular complexity index is 1090. The van der Waals surface area contributed by atoms with Gasteiger partial charge in [-0.25, -0.2) is 0 Å². The van der Waals surface area contributed by atoms with Crippen LogP contribution in [0.25, 0.3) is 22.2 Å². The minimum absolute atomic E-state index is 0.556. The lowest BCUT2D eigenvalue weighted by Gasteiger charge is -2.04. The molecule has 0 unspecified atom stereocenters. The average Bonchev–Trinajstić information content (AvgIpc) is 3.35. The van der Waals surface area contributed by atoms with Gasteiger partial charge in [-0.15, -0.1) is 10.2 Å². The maximum atomic E-state index is 5.86. The van der Waals surface area contributed by atoms with Crippen molar-refractivity contribution in [1.29, 1.82) is 0 Å². The van der Waals surface area contributed by atoms with Gasteiger partial charge in [0.15, 0.2) is 0 Å². The highest BCUT2D eigenvalue weighted by molar-refractivity contribution is 7.98. The molecule has 2 heterocycles. The fraction of sp³-hybridized carbons (Fsp3) is 0.143. The zero-order chi connectivity index (χ0) is 17.3. The molecule has 0 spiro atoms. The second kappa shape index (κ2) is 6.50. The molecule has 0 N–H and O–H groups in total. The molecule has 0 radical (unpaired) electrons. The van der Waals surface area contributed by atoms with Crippen LogP contribution in [0, 0.1) is 0 Å². The lowest BCUT2D eigenvalue weighted by molar-refractivity contribution is 0.357. The Morgan fingerprint density at radius 2 is 1.88 bits per heavy atom. The zero-order valence-corrected chi connectivity index (χ0v) is 14.8. The zero-order valence-electron chi connectivity index (χ0n) is 14.0. The molecule has 0 amide bonds. The Balaban J connectivity index is 1.36. The molecule has 1 aromatic heterocycles. The van der Waals surface area contributed by atoms with Gasteiger partial charge in [-0.3, -0.25) is 0 Å². The van der Waals surface area contributed by atoms with E-state index in [2.05, 4.69) is 58.7 Å². The van der Waals surface area contributed by atoms with Gasteiger partial charge < -0.3 is 9.15 Å². The SMILES string of the molecule is c1ccc2c(CSc3nnc(-c4ccc5c(c4)CCO5)o3)cccc2c1. The predicted octanol–water partition coefficient (Wildman–Crippen LogP) is 5.12. The van der Waals surface area contributed by atoms with Crippen LogP contribution in [0.1, 0.15) is 11.1 Å². The first-order chi connectivity index (χ1) is 12.9. The number of fused-ring (bicyclic) bond motifs is 2. The molecule has 0 fully saturated rings. The molecular weight excluding hydrogens is 344 g/mol. The summed E-state index contributed by atoms with van der Waals surface area (Å²) >= 11 is 1.56. The fourth-order valence-electron chi connectivity index (χ4n) is 3.26. The molecule has 0 saturated carbocycles. The third-order valence-corrected chi connectivity index (χ3v) is 5.44. The summed E-state index contributed by atoms with van der Waals surface area (Å²) in [4.78, 5) is 0. The summed E-state index contributed by atoms with van der Waals surface area (Å²) in [6.45, 7) is 0.745. The fourth-order valence-corrected chi connectivity index (χ4v) is 4.03. The van der Waals surface area contributed by atoms with E-state index in [1.54, 1.807) is 11.8 Å². The van der Waals surface area contributed by atoms with E-state index in [1.165, 1.54) is 21.9 Å². The van der Waals surface area contributed by atoms with Crippen LogP contribution >= 0.6 is 11.8 Å². The van der Waals surface area contributed by atoms with E-state index in [9.17, 15) is 0 Å². The molecule has 4 aromatic rings. The maximum absolute atomic E-state index is 5.86. The molecule has 128 valence electrons. The Morgan fingerprint density at radius 3 is 2.88 bits per heavy atom. The second-order valence-electron chi connectivity index (χ2n) is 6.22. The smallest absolute Gasteiger partial charge is 0.277 e. The van der Waals surface area contributed by atoms with Gasteiger partial charge in [-0.1, -0.05) is 54.2 Å². The van der Waals surface area contributed by atoms with E-state index < -0.39 is 0 Å². The van der Waals surface area contributed by atoms with Crippen molar-refractivity contribution in [2.24, 2.45) is 0 Å². The normalized spacial score (nSPS) is 12.9.